The zero-order chi connectivity index (χ0) is 48.9. The molecule has 1 saturated heterocycles. The largest absolute Gasteiger partial charge is 0.444 e. The molecule has 1 heterocycles. The van der Waals surface area contributed by atoms with Crippen molar-refractivity contribution in [2.24, 2.45) is 0 Å². The van der Waals surface area contributed by atoms with Crippen LogP contribution >= 0.6 is 47.0 Å². The van der Waals surface area contributed by atoms with Crippen LogP contribution in [0.3, 0.4) is 0 Å². The van der Waals surface area contributed by atoms with Crippen molar-refractivity contribution in [1.29, 1.82) is 0 Å². The summed E-state index contributed by atoms with van der Waals surface area (Å²) in [7, 11) is -11.7. The predicted octanol–water partition coefficient (Wildman–Crippen LogP) is 9.39. The molecule has 1 aliphatic heterocycles. The van der Waals surface area contributed by atoms with Gasteiger partial charge in [0.2, 0.25) is 0 Å². The Morgan fingerprint density at radius 2 is 0.531 bits per heavy atom. The highest BCUT2D eigenvalue weighted by atomic mass is 32.2. The minimum atomic E-state index is -2.93. The van der Waals surface area contributed by atoms with E-state index in [0.717, 1.165) is 23.0 Å². The first kappa shape index (κ1) is 61.2. The molecule has 4 N–H and O–H groups in total. The van der Waals surface area contributed by atoms with E-state index in [1.54, 1.807) is 47.0 Å². The SMILES string of the molecule is CC(C)(C)OC(=O)NCCSCC[Si]1(C)O[Si](C)(CCSCCNC(=O)OC(C)(C)C)O[Si](C)(CCSCCNC(=O)OC(C)(C)C)O[Si](C)(CCSCCNC(=O)OC(C)(C)C)O1. The van der Waals surface area contributed by atoms with Crippen molar-refractivity contribution in [2.45, 2.75) is 156 Å². The molecule has 0 unspecified atom stereocenters. The molecule has 0 aromatic heterocycles. The summed E-state index contributed by atoms with van der Waals surface area (Å²) in [4.78, 5) is 48.9. The number of carbonyl (C=O) groups excluding carboxylic acids is 4. The van der Waals surface area contributed by atoms with Gasteiger partial charge in [0.05, 0.1) is 0 Å². The van der Waals surface area contributed by atoms with Crippen LogP contribution in [0.2, 0.25) is 50.4 Å². The Morgan fingerprint density at radius 3 is 0.688 bits per heavy atom. The minimum absolute atomic E-state index is 0.431. The van der Waals surface area contributed by atoms with Crippen LogP contribution in [-0.4, -0.2) is 153 Å². The monoisotopic (exact) mass is 1050 g/mol. The van der Waals surface area contributed by atoms with E-state index < -0.39 is 81.0 Å². The van der Waals surface area contributed by atoms with Crippen LogP contribution in [0.1, 0.15) is 83.1 Å². The normalized spacial score (nSPS) is 23.2. The number of rotatable bonds is 24. The molecule has 0 aromatic carbocycles. The number of nitrogens with one attached hydrogen (secondary N) is 4. The van der Waals surface area contributed by atoms with Gasteiger partial charge in [0, 0.05) is 49.2 Å². The zero-order valence-corrected chi connectivity index (χ0v) is 49.1. The number of amides is 4. The van der Waals surface area contributed by atoms with Crippen molar-refractivity contribution in [1.82, 2.24) is 21.3 Å². The number of alkyl carbamates (subject to hydrolysis) is 4. The van der Waals surface area contributed by atoms with E-state index in [-0.39, 0.29) is 0 Å². The Labute approximate surface area is 407 Å². The van der Waals surface area contributed by atoms with Crippen molar-refractivity contribution in [3.8, 4) is 0 Å². The number of hydrogen-bond acceptors (Lipinski definition) is 16. The molecular formula is C40H84N4O12S4Si4. The molecule has 0 radical (unpaired) electrons. The van der Waals surface area contributed by atoms with Gasteiger partial charge in [0.1, 0.15) is 22.4 Å². The molecule has 16 nitrogen and oxygen atoms in total. The zero-order valence-electron chi connectivity index (χ0n) is 41.8. The Kier molecular flexibility index (Phi) is 26.8. The van der Waals surface area contributed by atoms with Gasteiger partial charge in [-0.1, -0.05) is 0 Å². The first-order valence-electron chi connectivity index (χ1n) is 22.2. The highest BCUT2D eigenvalue weighted by Gasteiger charge is 2.56. The van der Waals surface area contributed by atoms with Crippen LogP contribution in [0.4, 0.5) is 19.2 Å². The van der Waals surface area contributed by atoms with Crippen molar-refractivity contribution < 1.29 is 54.6 Å². The summed E-state index contributed by atoms with van der Waals surface area (Å²) in [5.41, 5.74) is -2.26. The molecule has 0 spiro atoms. The molecule has 0 bridgehead atoms. The topological polar surface area (TPSA) is 190 Å². The van der Waals surface area contributed by atoms with E-state index in [0.29, 0.717) is 73.4 Å². The third-order valence-corrected chi connectivity index (χ3v) is 32.0. The molecular weight excluding hydrogens is 969 g/mol. The molecule has 64 heavy (non-hydrogen) atoms. The van der Waals surface area contributed by atoms with Gasteiger partial charge >= 0.3 is 58.6 Å². The Bertz CT molecular complexity index is 1220. The van der Waals surface area contributed by atoms with Crippen molar-refractivity contribution in [3.63, 3.8) is 0 Å². The lowest BCUT2D eigenvalue weighted by Crippen LogP contribution is -2.67. The molecule has 376 valence electrons. The Hall–Kier alpha value is -0.812. The van der Waals surface area contributed by atoms with Crippen LogP contribution in [0.15, 0.2) is 0 Å². The molecule has 24 heteroatoms. The summed E-state index contributed by atoms with van der Waals surface area (Å²) in [6.45, 7) is 32.6. The van der Waals surface area contributed by atoms with Crippen molar-refractivity contribution in [2.75, 3.05) is 72.2 Å². The number of ether oxygens (including phenoxy) is 4. The summed E-state index contributed by atoms with van der Waals surface area (Å²) >= 11 is 6.93. The minimum Gasteiger partial charge on any atom is -0.444 e. The van der Waals surface area contributed by atoms with Gasteiger partial charge in [0.15, 0.2) is 0 Å². The quantitative estimate of drug-likeness (QED) is 0.0406. The lowest BCUT2D eigenvalue weighted by atomic mass is 10.2. The third-order valence-electron chi connectivity index (χ3n) is 8.19. The first-order valence-corrected chi connectivity index (χ1v) is 36.9. The summed E-state index contributed by atoms with van der Waals surface area (Å²) < 4.78 is 51.0. The fourth-order valence-corrected chi connectivity index (χ4v) is 36.0. The van der Waals surface area contributed by atoms with Gasteiger partial charge in [0.25, 0.3) is 0 Å². The van der Waals surface area contributed by atoms with E-state index in [9.17, 15) is 19.2 Å². The predicted molar refractivity (Wildman–Crippen MR) is 276 cm³/mol. The molecule has 0 aliphatic carbocycles. The maximum Gasteiger partial charge on any atom is 0.407 e. The summed E-state index contributed by atoms with van der Waals surface area (Å²) in [6, 6.07) is 2.84. The maximum atomic E-state index is 12.2. The van der Waals surface area contributed by atoms with Gasteiger partial charge in [-0.15, -0.1) is 0 Å². The lowest BCUT2D eigenvalue weighted by molar-refractivity contribution is 0.0519. The lowest BCUT2D eigenvalue weighted by Gasteiger charge is -2.50. The molecule has 0 aromatic rings. The summed E-state index contributed by atoms with van der Waals surface area (Å²) in [5, 5.41) is 11.4. The molecule has 1 rings (SSSR count). The van der Waals surface area contributed by atoms with Crippen molar-refractivity contribution in [3.05, 3.63) is 0 Å². The smallest absolute Gasteiger partial charge is 0.407 e. The highest BCUT2D eigenvalue weighted by Crippen LogP contribution is 2.39. The van der Waals surface area contributed by atoms with Crippen LogP contribution in [-0.2, 0) is 35.4 Å². The molecule has 1 fully saturated rings. The van der Waals surface area contributed by atoms with E-state index in [4.69, 9.17) is 35.4 Å². The van der Waals surface area contributed by atoms with Crippen LogP contribution < -0.4 is 21.3 Å². The van der Waals surface area contributed by atoms with Crippen LogP contribution in [0, 0.1) is 0 Å². The number of thioether (sulfide) groups is 4. The van der Waals surface area contributed by atoms with E-state index in [1.165, 1.54) is 0 Å². The standard InChI is InChI=1S/C40H84N4O12S4Si4/c1-37(2,3)49-33(45)41-17-21-57-25-29-61(13)53-62(14,30-26-58-22-18-42-34(46)50-38(4,5)6)55-64(16,32-28-60-24-20-44-36(48)52-40(10,11)12)56-63(15,54-61)31-27-59-23-19-43-35(47)51-39(7,8)9/h17-32H2,1-16H3,(H,41,45)(H,42,46)(H,43,47)(H,44,48). The van der Waals surface area contributed by atoms with Gasteiger partial charge in [-0.3, -0.25) is 0 Å². The van der Waals surface area contributed by atoms with Crippen LogP contribution in [0.5, 0.6) is 0 Å². The van der Waals surface area contributed by atoms with Gasteiger partial charge in [-0.2, -0.15) is 47.0 Å². The number of carbonyl (C=O) groups is 4. The Balaban J connectivity index is 3.22. The first-order chi connectivity index (χ1) is 29.2. The second kappa shape index (κ2) is 28.0. The van der Waals surface area contributed by atoms with Gasteiger partial charge < -0.3 is 56.7 Å². The molecule has 4 amide bonds. The van der Waals surface area contributed by atoms with Crippen LogP contribution in [0.25, 0.3) is 0 Å². The molecule has 0 saturated carbocycles. The Morgan fingerprint density at radius 1 is 0.359 bits per heavy atom. The van der Waals surface area contributed by atoms with E-state index in [2.05, 4.69) is 47.5 Å². The van der Waals surface area contributed by atoms with E-state index >= 15 is 0 Å². The van der Waals surface area contributed by atoms with Crippen molar-refractivity contribution >= 4 is 106 Å². The summed E-state index contributed by atoms with van der Waals surface area (Å²) in [5.74, 6) is 5.91. The fraction of sp³-hybridized carbons (Fsp3) is 0.900. The highest BCUT2D eigenvalue weighted by molar-refractivity contribution is 8.00. The second-order valence-electron chi connectivity index (χ2n) is 20.1. The molecule has 0 atom stereocenters. The van der Waals surface area contributed by atoms with E-state index in [1.807, 2.05) is 83.1 Å². The third kappa shape index (κ3) is 32.0. The summed E-state index contributed by atoms with van der Waals surface area (Å²) in [6.07, 6.45) is -1.73. The average Bonchev–Trinajstić information content (AvgIpc) is 3.07. The fourth-order valence-electron chi connectivity index (χ4n) is 5.91. The number of hydrogen-bond donors (Lipinski definition) is 4. The second-order valence-corrected chi connectivity index (χ2v) is 39.3. The van der Waals surface area contributed by atoms with Gasteiger partial charge in [-0.25, -0.2) is 19.2 Å². The average molecular weight is 1050 g/mol. The molecule has 1 aliphatic rings. The maximum absolute atomic E-state index is 12.2. The van der Waals surface area contributed by atoms with Gasteiger partial charge in [-0.05, 0) is 156 Å².